The van der Waals surface area contributed by atoms with Crippen LogP contribution in [-0.4, -0.2) is 77.4 Å². The Balaban J connectivity index is 1.20. The Bertz CT molecular complexity index is 1800. The topological polar surface area (TPSA) is 125 Å². The molecular weight excluding hydrogens is 736 g/mol. The number of amides is 4. The van der Waals surface area contributed by atoms with E-state index in [9.17, 15) is 24.0 Å². The third-order valence-electron chi connectivity index (χ3n) is 11.0. The monoisotopic (exact) mass is 786 g/mol. The van der Waals surface area contributed by atoms with Gasteiger partial charge in [-0.15, -0.1) is 11.8 Å². The molecule has 0 spiro atoms. The lowest BCUT2D eigenvalue weighted by Crippen LogP contribution is -2.57. The van der Waals surface area contributed by atoms with Gasteiger partial charge in [-0.05, 0) is 106 Å². The van der Waals surface area contributed by atoms with Gasteiger partial charge in [0.05, 0.1) is 12.5 Å². The molecule has 3 aliphatic rings. The summed E-state index contributed by atoms with van der Waals surface area (Å²) in [5, 5.41) is 6.61. The fourth-order valence-corrected chi connectivity index (χ4v) is 9.63. The van der Waals surface area contributed by atoms with Crippen LogP contribution in [-0.2, 0) is 41.6 Å². The molecule has 3 fully saturated rings. The molecule has 0 unspecified atom stereocenters. The number of ether oxygens (including phenoxy) is 1. The van der Waals surface area contributed by atoms with Crippen LogP contribution in [0.5, 0.6) is 0 Å². The number of hydrogen-bond donors (Lipinski definition) is 2. The summed E-state index contributed by atoms with van der Waals surface area (Å²) in [6.07, 6.45) is 6.35. The van der Waals surface area contributed by atoms with E-state index in [4.69, 9.17) is 16.3 Å². The molecule has 3 aliphatic heterocycles. The molecule has 292 valence electrons. The van der Waals surface area contributed by atoms with Crippen molar-refractivity contribution in [1.29, 1.82) is 0 Å². The van der Waals surface area contributed by atoms with E-state index in [-0.39, 0.29) is 29.0 Å². The van der Waals surface area contributed by atoms with Crippen molar-refractivity contribution in [2.75, 3.05) is 24.3 Å². The van der Waals surface area contributed by atoms with Gasteiger partial charge in [-0.25, -0.2) is 4.79 Å². The van der Waals surface area contributed by atoms with Crippen molar-refractivity contribution < 1.29 is 28.7 Å². The lowest BCUT2D eigenvalue weighted by atomic mass is 9.86. The first kappa shape index (κ1) is 40.3. The van der Waals surface area contributed by atoms with Crippen LogP contribution in [0.2, 0.25) is 5.02 Å². The van der Waals surface area contributed by atoms with Crippen molar-refractivity contribution >= 4 is 58.6 Å². The molecular formula is C43H51ClN4O6S. The van der Waals surface area contributed by atoms with Crippen LogP contribution >= 0.6 is 23.4 Å². The lowest BCUT2D eigenvalue weighted by molar-refractivity contribution is -0.156. The number of fused-ring (bicyclic) bond motifs is 1. The predicted molar refractivity (Wildman–Crippen MR) is 215 cm³/mol. The van der Waals surface area contributed by atoms with Crippen molar-refractivity contribution in [3.8, 4) is 0 Å². The fourth-order valence-electron chi connectivity index (χ4n) is 8.06. The summed E-state index contributed by atoms with van der Waals surface area (Å²) in [7, 11) is 1.34. The van der Waals surface area contributed by atoms with E-state index in [1.54, 1.807) is 33.7 Å². The first-order chi connectivity index (χ1) is 26.7. The van der Waals surface area contributed by atoms with E-state index in [1.807, 2.05) is 72.8 Å². The largest absolute Gasteiger partial charge is 0.467 e. The second-order valence-corrected chi connectivity index (χ2v) is 16.5. The van der Waals surface area contributed by atoms with Gasteiger partial charge < -0.3 is 25.2 Å². The summed E-state index contributed by atoms with van der Waals surface area (Å²) in [4.78, 5) is 72.6. The predicted octanol–water partition coefficient (Wildman–Crippen LogP) is 6.34. The van der Waals surface area contributed by atoms with E-state index in [1.165, 1.54) is 7.11 Å². The highest BCUT2D eigenvalue weighted by Gasteiger charge is 2.44. The first-order valence-electron chi connectivity index (χ1n) is 19.5. The number of anilines is 1. The van der Waals surface area contributed by atoms with Crippen molar-refractivity contribution in [1.82, 2.24) is 15.5 Å². The number of benzene rings is 3. The van der Waals surface area contributed by atoms with Crippen molar-refractivity contribution in [3.05, 3.63) is 101 Å². The van der Waals surface area contributed by atoms with Crippen LogP contribution in [0, 0.1) is 11.8 Å². The van der Waals surface area contributed by atoms with Gasteiger partial charge in [0.1, 0.15) is 18.1 Å². The second kappa shape index (κ2) is 19.5. The number of methoxy groups -OCH3 is 1. The molecule has 12 heteroatoms. The molecule has 3 heterocycles. The Morgan fingerprint density at radius 1 is 0.764 bits per heavy atom. The summed E-state index contributed by atoms with van der Waals surface area (Å²) in [6, 6.07) is 24.6. The quantitative estimate of drug-likeness (QED) is 0.194. The summed E-state index contributed by atoms with van der Waals surface area (Å²) < 4.78 is 5.07. The average molecular weight is 787 g/mol. The van der Waals surface area contributed by atoms with Crippen LogP contribution in [0.4, 0.5) is 5.69 Å². The maximum absolute atomic E-state index is 14.3. The zero-order valence-corrected chi connectivity index (χ0v) is 32.9. The van der Waals surface area contributed by atoms with Crippen LogP contribution in [0.15, 0.2) is 84.9 Å². The minimum Gasteiger partial charge on any atom is -0.467 e. The van der Waals surface area contributed by atoms with Gasteiger partial charge >= 0.3 is 5.97 Å². The summed E-state index contributed by atoms with van der Waals surface area (Å²) in [6.45, 7) is 0.541. The van der Waals surface area contributed by atoms with Gasteiger partial charge in [0, 0.05) is 29.1 Å². The molecule has 0 radical (unpaired) electrons. The minimum atomic E-state index is -0.777. The van der Waals surface area contributed by atoms with E-state index >= 15 is 0 Å². The fraction of sp³-hybridized carbons (Fsp3) is 0.465. The van der Waals surface area contributed by atoms with Crippen LogP contribution in [0.1, 0.15) is 68.9 Å². The SMILES string of the molecule is COC(=O)[C@@H]1CCC[C@@H]2SCC[C@H](NC(=O)[C@H](CC[C@H](Cc3ccccc3)C(=O)N[C@H]3CCCCN(c4cccc(Cl)c4)C3=O)Cc3ccccc3)C(=O)N21. The smallest absolute Gasteiger partial charge is 0.328 e. The third kappa shape index (κ3) is 10.5. The van der Waals surface area contributed by atoms with E-state index < -0.39 is 35.9 Å². The Morgan fingerprint density at radius 2 is 1.38 bits per heavy atom. The number of nitrogens with zero attached hydrogens (tertiary/aromatic N) is 2. The molecule has 3 aromatic carbocycles. The molecule has 4 amide bonds. The van der Waals surface area contributed by atoms with Gasteiger partial charge in [-0.2, -0.15) is 0 Å². The molecule has 2 N–H and O–H groups in total. The van der Waals surface area contributed by atoms with Gasteiger partial charge in [0.25, 0.3) is 0 Å². The van der Waals surface area contributed by atoms with Gasteiger partial charge in [-0.1, -0.05) is 78.3 Å². The highest BCUT2D eigenvalue weighted by molar-refractivity contribution is 7.99. The van der Waals surface area contributed by atoms with Gasteiger partial charge in [0.2, 0.25) is 23.6 Å². The number of carbonyl (C=O) groups excluding carboxylic acids is 5. The van der Waals surface area contributed by atoms with Gasteiger partial charge in [-0.3, -0.25) is 19.2 Å². The summed E-state index contributed by atoms with van der Waals surface area (Å²) in [5.41, 5.74) is 2.66. The highest BCUT2D eigenvalue weighted by atomic mass is 35.5. The average Bonchev–Trinajstić information content (AvgIpc) is 3.48. The number of halogens is 1. The molecule has 0 aliphatic carbocycles. The number of nitrogens with one attached hydrogen (secondary N) is 2. The number of carbonyl (C=O) groups is 5. The minimum absolute atomic E-state index is 0.137. The molecule has 6 rings (SSSR count). The number of thioether (sulfide) groups is 1. The number of piperidine rings is 1. The standard InChI is InChI=1S/C43H51ClN4O6S/c1-54-43(53)37-19-11-20-38-48(37)42(52)36(23-25-55-38)46-40(50)32(27-30-14-6-3-7-15-30)22-21-31(26-29-12-4-2-5-13-29)39(49)45-35-18-8-9-24-47(41(35)51)34-17-10-16-33(44)28-34/h2-7,10,12-17,28,31-32,35-38H,8-9,11,18-27H2,1H3,(H,45,49)(H,46,50)/t31-,32-,35+,36+,37+,38+/m1/s1. The molecule has 55 heavy (non-hydrogen) atoms. The Kier molecular flexibility index (Phi) is 14.3. The molecule has 10 nitrogen and oxygen atoms in total. The van der Waals surface area contributed by atoms with E-state index in [2.05, 4.69) is 10.6 Å². The maximum atomic E-state index is 14.3. The zero-order valence-electron chi connectivity index (χ0n) is 31.4. The molecule has 3 aromatic rings. The zero-order chi connectivity index (χ0) is 38.7. The maximum Gasteiger partial charge on any atom is 0.328 e. The molecule has 0 bridgehead atoms. The summed E-state index contributed by atoms with van der Waals surface area (Å²) in [5.74, 6) is -1.72. The first-order valence-corrected chi connectivity index (χ1v) is 20.9. The normalized spacial score (nSPS) is 22.7. The Morgan fingerprint density at radius 3 is 1.98 bits per heavy atom. The molecule has 0 aromatic heterocycles. The molecule has 3 saturated heterocycles. The third-order valence-corrected chi connectivity index (χ3v) is 12.6. The van der Waals surface area contributed by atoms with Crippen molar-refractivity contribution in [2.45, 2.75) is 94.1 Å². The number of rotatable bonds is 13. The molecule has 0 saturated carbocycles. The van der Waals surface area contributed by atoms with Crippen LogP contribution in [0.3, 0.4) is 0 Å². The molecule has 6 atom stereocenters. The van der Waals surface area contributed by atoms with Gasteiger partial charge in [0.15, 0.2) is 0 Å². The number of esters is 1. The Labute approximate surface area is 333 Å². The summed E-state index contributed by atoms with van der Waals surface area (Å²) >= 11 is 7.92. The second-order valence-electron chi connectivity index (χ2n) is 14.8. The van der Waals surface area contributed by atoms with Crippen LogP contribution < -0.4 is 15.5 Å². The Hall–Kier alpha value is -4.35. The van der Waals surface area contributed by atoms with Crippen molar-refractivity contribution in [2.24, 2.45) is 11.8 Å². The van der Waals surface area contributed by atoms with E-state index in [0.717, 1.165) is 36.8 Å². The number of hydrogen-bond acceptors (Lipinski definition) is 7. The highest BCUT2D eigenvalue weighted by Crippen LogP contribution is 2.35. The van der Waals surface area contributed by atoms with Crippen molar-refractivity contribution in [3.63, 3.8) is 0 Å². The lowest BCUT2D eigenvalue weighted by Gasteiger charge is -2.40. The van der Waals surface area contributed by atoms with Crippen LogP contribution in [0.25, 0.3) is 0 Å². The van der Waals surface area contributed by atoms with E-state index in [0.29, 0.717) is 68.0 Å².